The van der Waals surface area contributed by atoms with Crippen LogP contribution in [0.4, 0.5) is 4.79 Å². The van der Waals surface area contributed by atoms with Crippen molar-refractivity contribution in [2.24, 2.45) is 0 Å². The van der Waals surface area contributed by atoms with E-state index in [2.05, 4.69) is 10.5 Å². The first kappa shape index (κ1) is 16.6. The average Bonchev–Trinajstić information content (AvgIpc) is 2.84. The van der Waals surface area contributed by atoms with Gasteiger partial charge in [-0.3, -0.25) is 0 Å². The van der Waals surface area contributed by atoms with Crippen molar-refractivity contribution in [3.05, 3.63) is 23.8 Å². The molecular formula is C15H18N2O6. The zero-order valence-electron chi connectivity index (χ0n) is 13.1. The molecule has 8 nitrogen and oxygen atoms in total. The highest BCUT2D eigenvalue weighted by atomic mass is 16.6. The number of rotatable bonds is 5. The second kappa shape index (κ2) is 6.55. The predicted octanol–water partition coefficient (Wildman–Crippen LogP) is 2.43. The molecule has 124 valence electrons. The molecule has 0 aliphatic rings. The molecular weight excluding hydrogens is 304 g/mol. The number of hydrogen-bond donors (Lipinski definition) is 2. The molecule has 1 amide bonds. The fourth-order valence-electron chi connectivity index (χ4n) is 1.83. The molecule has 0 saturated heterocycles. The van der Waals surface area contributed by atoms with Crippen LogP contribution in [0.1, 0.15) is 31.1 Å². The van der Waals surface area contributed by atoms with E-state index in [-0.39, 0.29) is 30.2 Å². The first-order valence-electron chi connectivity index (χ1n) is 6.99. The number of fused-ring (bicyclic) bond motifs is 1. The van der Waals surface area contributed by atoms with Crippen LogP contribution in [0.15, 0.2) is 22.7 Å². The van der Waals surface area contributed by atoms with Crippen LogP contribution in [0, 0.1) is 0 Å². The van der Waals surface area contributed by atoms with E-state index in [9.17, 15) is 9.59 Å². The third-order valence-electron chi connectivity index (χ3n) is 2.70. The van der Waals surface area contributed by atoms with Gasteiger partial charge in [0.15, 0.2) is 5.58 Å². The maximum absolute atomic E-state index is 11.5. The maximum atomic E-state index is 11.5. The highest BCUT2D eigenvalue weighted by Gasteiger charge is 2.18. The number of ether oxygens (including phenoxy) is 2. The Labute approximate surface area is 132 Å². The van der Waals surface area contributed by atoms with Gasteiger partial charge in [-0.15, -0.1) is 0 Å². The number of benzene rings is 1. The first-order valence-corrected chi connectivity index (χ1v) is 6.99. The third-order valence-corrected chi connectivity index (χ3v) is 2.70. The SMILES string of the molecule is CC(C)(C)OC(=O)NCCOc1noc2c(C(=O)O)cccc12. The summed E-state index contributed by atoms with van der Waals surface area (Å²) in [6.07, 6.45) is -0.542. The Hall–Kier alpha value is -2.77. The first-order chi connectivity index (χ1) is 10.8. The highest BCUT2D eigenvalue weighted by molar-refractivity contribution is 6.02. The minimum Gasteiger partial charge on any atom is -0.478 e. The van der Waals surface area contributed by atoms with E-state index in [1.54, 1.807) is 32.9 Å². The van der Waals surface area contributed by atoms with Crippen LogP contribution < -0.4 is 10.1 Å². The third kappa shape index (κ3) is 4.35. The number of nitrogens with one attached hydrogen (secondary N) is 1. The quantitative estimate of drug-likeness (QED) is 0.813. The van der Waals surface area contributed by atoms with Gasteiger partial charge in [0.25, 0.3) is 5.88 Å². The van der Waals surface area contributed by atoms with Gasteiger partial charge in [0.05, 0.1) is 11.9 Å². The lowest BCUT2D eigenvalue weighted by atomic mass is 10.1. The fraction of sp³-hybridized carbons (Fsp3) is 0.400. The number of aromatic carboxylic acids is 1. The van der Waals surface area contributed by atoms with Crippen molar-refractivity contribution in [1.29, 1.82) is 0 Å². The van der Waals surface area contributed by atoms with Crippen LogP contribution in [-0.2, 0) is 4.74 Å². The summed E-state index contributed by atoms with van der Waals surface area (Å²) in [6, 6.07) is 4.65. The average molecular weight is 322 g/mol. The molecule has 23 heavy (non-hydrogen) atoms. The number of para-hydroxylation sites is 1. The lowest BCUT2D eigenvalue weighted by Gasteiger charge is -2.19. The second-order valence-electron chi connectivity index (χ2n) is 5.75. The number of amides is 1. The van der Waals surface area contributed by atoms with E-state index in [0.29, 0.717) is 5.39 Å². The number of carbonyl (C=O) groups excluding carboxylic acids is 1. The molecule has 1 aromatic heterocycles. The molecule has 0 fully saturated rings. The van der Waals surface area contributed by atoms with Gasteiger partial charge in [0.1, 0.15) is 17.8 Å². The molecule has 2 rings (SSSR count). The molecule has 0 radical (unpaired) electrons. The fourth-order valence-corrected chi connectivity index (χ4v) is 1.83. The van der Waals surface area contributed by atoms with Crippen molar-refractivity contribution in [1.82, 2.24) is 10.5 Å². The molecule has 0 unspecified atom stereocenters. The van der Waals surface area contributed by atoms with Crippen LogP contribution in [-0.4, -0.2) is 41.1 Å². The normalized spacial score (nSPS) is 11.3. The van der Waals surface area contributed by atoms with Gasteiger partial charge in [-0.05, 0) is 38.1 Å². The molecule has 2 aromatic rings. The van der Waals surface area contributed by atoms with Gasteiger partial charge in [-0.1, -0.05) is 6.07 Å². The molecule has 1 heterocycles. The summed E-state index contributed by atoms with van der Waals surface area (Å²) >= 11 is 0. The van der Waals surface area contributed by atoms with Gasteiger partial charge >= 0.3 is 12.1 Å². The minimum absolute atomic E-state index is 0.0109. The number of hydrogen-bond acceptors (Lipinski definition) is 6. The van der Waals surface area contributed by atoms with Gasteiger partial charge in [-0.25, -0.2) is 9.59 Å². The molecule has 8 heteroatoms. The van der Waals surface area contributed by atoms with Crippen molar-refractivity contribution in [2.75, 3.05) is 13.2 Å². The Morgan fingerprint density at radius 2 is 2.09 bits per heavy atom. The number of carboxylic acids is 1. The molecule has 2 N–H and O–H groups in total. The lowest BCUT2D eigenvalue weighted by molar-refractivity contribution is 0.0519. The van der Waals surface area contributed by atoms with E-state index in [1.165, 1.54) is 6.07 Å². The maximum Gasteiger partial charge on any atom is 0.407 e. The largest absolute Gasteiger partial charge is 0.478 e. The van der Waals surface area contributed by atoms with Gasteiger partial charge in [-0.2, -0.15) is 0 Å². The Balaban J connectivity index is 1.92. The van der Waals surface area contributed by atoms with E-state index in [0.717, 1.165) is 0 Å². The standard InChI is InChI=1S/C15H18N2O6/c1-15(2,3)22-14(20)16-7-8-21-12-9-5-4-6-10(13(18)19)11(9)23-17-12/h4-6H,7-8H2,1-3H3,(H,16,20)(H,18,19). The zero-order valence-corrected chi connectivity index (χ0v) is 13.1. The Bertz CT molecular complexity index is 716. The number of carbonyl (C=O) groups is 2. The summed E-state index contributed by atoms with van der Waals surface area (Å²) in [5.74, 6) is -0.931. The summed E-state index contributed by atoms with van der Waals surface area (Å²) < 4.78 is 15.5. The van der Waals surface area contributed by atoms with Crippen LogP contribution in [0.25, 0.3) is 11.0 Å². The van der Waals surface area contributed by atoms with Crippen molar-refractivity contribution >= 4 is 23.0 Å². The molecule has 0 bridgehead atoms. The van der Waals surface area contributed by atoms with Crippen molar-refractivity contribution in [2.45, 2.75) is 26.4 Å². The Morgan fingerprint density at radius 1 is 1.35 bits per heavy atom. The van der Waals surface area contributed by atoms with Crippen LogP contribution in [0.3, 0.4) is 0 Å². The number of nitrogens with zero attached hydrogens (tertiary/aromatic N) is 1. The van der Waals surface area contributed by atoms with Crippen LogP contribution in [0.2, 0.25) is 0 Å². The number of aromatic nitrogens is 1. The summed E-state index contributed by atoms with van der Waals surface area (Å²) in [4.78, 5) is 22.5. The van der Waals surface area contributed by atoms with Crippen molar-refractivity contribution < 1.29 is 28.7 Å². The van der Waals surface area contributed by atoms with E-state index in [1.807, 2.05) is 0 Å². The monoisotopic (exact) mass is 322 g/mol. The number of alkyl carbamates (subject to hydrolysis) is 1. The van der Waals surface area contributed by atoms with Gasteiger partial charge in [0.2, 0.25) is 0 Å². The van der Waals surface area contributed by atoms with E-state index in [4.69, 9.17) is 19.1 Å². The minimum atomic E-state index is -1.11. The molecule has 0 atom stereocenters. The zero-order chi connectivity index (χ0) is 17.0. The molecule has 0 aliphatic carbocycles. The summed E-state index contributed by atoms with van der Waals surface area (Å²) in [6.45, 7) is 5.65. The summed E-state index contributed by atoms with van der Waals surface area (Å²) in [5.41, 5.74) is -0.410. The Morgan fingerprint density at radius 3 is 2.74 bits per heavy atom. The highest BCUT2D eigenvalue weighted by Crippen LogP contribution is 2.27. The van der Waals surface area contributed by atoms with Crippen LogP contribution in [0.5, 0.6) is 5.88 Å². The summed E-state index contributed by atoms with van der Waals surface area (Å²) in [5, 5.41) is 15.8. The molecule has 0 aliphatic heterocycles. The molecule has 1 aromatic carbocycles. The van der Waals surface area contributed by atoms with E-state index >= 15 is 0 Å². The van der Waals surface area contributed by atoms with Gasteiger partial charge in [0, 0.05) is 0 Å². The van der Waals surface area contributed by atoms with Crippen LogP contribution >= 0.6 is 0 Å². The summed E-state index contributed by atoms with van der Waals surface area (Å²) in [7, 11) is 0. The van der Waals surface area contributed by atoms with Crippen molar-refractivity contribution in [3.8, 4) is 5.88 Å². The lowest BCUT2D eigenvalue weighted by Crippen LogP contribution is -2.34. The Kier molecular flexibility index (Phi) is 4.73. The van der Waals surface area contributed by atoms with Gasteiger partial charge < -0.3 is 24.4 Å². The van der Waals surface area contributed by atoms with E-state index < -0.39 is 17.7 Å². The second-order valence-corrected chi connectivity index (χ2v) is 5.75. The topological polar surface area (TPSA) is 111 Å². The predicted molar refractivity (Wildman–Crippen MR) is 80.7 cm³/mol. The molecule has 0 saturated carbocycles. The smallest absolute Gasteiger partial charge is 0.407 e. The molecule has 0 spiro atoms. The number of carboxylic acid groups (broad SMARTS) is 1. The van der Waals surface area contributed by atoms with Crippen molar-refractivity contribution in [3.63, 3.8) is 0 Å².